The van der Waals surface area contributed by atoms with E-state index in [-0.39, 0.29) is 39.9 Å². The molecule has 10 nitrogen and oxygen atoms in total. The zero-order valence-corrected chi connectivity index (χ0v) is 19.1. The first-order chi connectivity index (χ1) is 15.7. The van der Waals surface area contributed by atoms with Crippen molar-refractivity contribution in [2.24, 2.45) is 10.8 Å². The highest BCUT2D eigenvalue weighted by Gasteiger charge is 2.24. The maximum Gasteiger partial charge on any atom is 0.308 e. The molecule has 1 atom stereocenters. The Bertz CT molecular complexity index is 1050. The summed E-state index contributed by atoms with van der Waals surface area (Å²) < 4.78 is 4.94. The summed E-state index contributed by atoms with van der Waals surface area (Å²) in [6.07, 6.45) is 0.971. The highest BCUT2D eigenvalue weighted by molar-refractivity contribution is 6.35. The van der Waals surface area contributed by atoms with E-state index in [0.717, 1.165) is 0 Å². The maximum atomic E-state index is 12.5. The Morgan fingerprint density at radius 3 is 2.70 bits per heavy atom. The lowest BCUT2D eigenvalue weighted by Crippen LogP contribution is -2.39. The first kappa shape index (κ1) is 25.9. The number of nitrogens with one attached hydrogen (secondary N) is 3. The van der Waals surface area contributed by atoms with E-state index < -0.39 is 30.4 Å². The fourth-order valence-electron chi connectivity index (χ4n) is 2.82. The van der Waals surface area contributed by atoms with Gasteiger partial charge in [0.2, 0.25) is 5.91 Å². The molecule has 0 radical (unpaired) electrons. The summed E-state index contributed by atoms with van der Waals surface area (Å²) in [5.74, 6) is 3.06. The van der Waals surface area contributed by atoms with Gasteiger partial charge in [0, 0.05) is 16.1 Å². The molecule has 2 rings (SSSR count). The highest BCUT2D eigenvalue weighted by Crippen LogP contribution is 2.36. The molecule has 0 aliphatic heterocycles. The molecule has 176 valence electrons. The number of carbonyl (C=O) groups is 3. The van der Waals surface area contributed by atoms with Crippen molar-refractivity contribution in [3.8, 4) is 5.75 Å². The van der Waals surface area contributed by atoms with Gasteiger partial charge in [0.25, 0.3) is 5.91 Å². The van der Waals surface area contributed by atoms with Crippen LogP contribution in [0.5, 0.6) is 5.75 Å². The van der Waals surface area contributed by atoms with Crippen LogP contribution in [0.1, 0.15) is 35.3 Å². The molecular formula is C21H23Cl2N5O5. The molecule has 2 aromatic carbocycles. The van der Waals surface area contributed by atoms with Gasteiger partial charge in [-0.1, -0.05) is 29.3 Å². The molecule has 0 fully saturated rings. The number of hydrogen-bond acceptors (Lipinski definition) is 7. The average Bonchev–Trinajstić information content (AvgIpc) is 2.78. The van der Waals surface area contributed by atoms with E-state index in [1.807, 2.05) is 0 Å². The number of hydrogen-bond donors (Lipinski definition) is 5. The van der Waals surface area contributed by atoms with E-state index in [2.05, 4.69) is 21.1 Å². The molecule has 33 heavy (non-hydrogen) atoms. The number of nitrogens with zero attached hydrogens (tertiary/aromatic N) is 1. The number of rotatable bonds is 10. The molecule has 2 amide bonds. The Kier molecular flexibility index (Phi) is 9.92. The number of benzene rings is 2. The number of ether oxygens (including phenoxy) is 1. The van der Waals surface area contributed by atoms with Crippen LogP contribution in [0.15, 0.2) is 41.4 Å². The fraction of sp³-hybridized carbons (Fsp3) is 0.238. The van der Waals surface area contributed by atoms with Crippen LogP contribution in [0.25, 0.3) is 0 Å². The Morgan fingerprint density at radius 2 is 2.00 bits per heavy atom. The van der Waals surface area contributed by atoms with Crippen molar-refractivity contribution in [1.82, 2.24) is 16.1 Å². The van der Waals surface area contributed by atoms with Gasteiger partial charge in [0.1, 0.15) is 12.1 Å². The maximum absolute atomic E-state index is 12.5. The van der Waals surface area contributed by atoms with Crippen LogP contribution in [0, 0.1) is 0 Å². The molecule has 0 aromatic heterocycles. The molecule has 0 heterocycles. The minimum Gasteiger partial charge on any atom is -0.506 e. The largest absolute Gasteiger partial charge is 0.506 e. The second-order valence-corrected chi connectivity index (χ2v) is 7.46. The number of aromatic hydroxyl groups is 1. The standard InChI is InChI=1S/C21H23Cl2N5O5/c1-2-33-19(30)9-17(15-7-13(22)8-16(23)20(15)31)28-18(29)10-25-21(32)12-4-3-5-14(6-12)26-11-27-24/h3-8,11,17,31H,2,9-10,24H2,1H3,(H,25,32)(H,26,27)(H,28,29). The van der Waals surface area contributed by atoms with Crippen LogP contribution in [0.2, 0.25) is 10.0 Å². The first-order valence-corrected chi connectivity index (χ1v) is 10.5. The van der Waals surface area contributed by atoms with Crippen molar-refractivity contribution in [1.29, 1.82) is 0 Å². The summed E-state index contributed by atoms with van der Waals surface area (Å²) in [4.78, 5) is 40.9. The number of halogens is 2. The molecule has 0 bridgehead atoms. The zero-order chi connectivity index (χ0) is 24.4. The van der Waals surface area contributed by atoms with Gasteiger partial charge in [0.05, 0.1) is 36.3 Å². The van der Waals surface area contributed by atoms with Crippen LogP contribution in [0.4, 0.5) is 5.69 Å². The number of phenols is 1. The number of carbonyl (C=O) groups excluding carboxylic acids is 3. The van der Waals surface area contributed by atoms with Gasteiger partial charge in [-0.3, -0.25) is 14.4 Å². The van der Waals surface area contributed by atoms with Crippen molar-refractivity contribution in [2.75, 3.05) is 13.2 Å². The van der Waals surface area contributed by atoms with Crippen molar-refractivity contribution < 1.29 is 24.2 Å². The van der Waals surface area contributed by atoms with Crippen LogP contribution in [-0.2, 0) is 14.3 Å². The summed E-state index contributed by atoms with van der Waals surface area (Å²) in [6, 6.07) is 8.07. The van der Waals surface area contributed by atoms with Gasteiger partial charge in [-0.25, -0.2) is 10.8 Å². The van der Waals surface area contributed by atoms with Gasteiger partial charge in [-0.05, 0) is 37.3 Å². The Hall–Kier alpha value is -3.34. The molecule has 6 N–H and O–H groups in total. The zero-order valence-electron chi connectivity index (χ0n) is 17.6. The summed E-state index contributed by atoms with van der Waals surface area (Å²) in [7, 11) is 0. The second-order valence-electron chi connectivity index (χ2n) is 6.61. The predicted octanol–water partition coefficient (Wildman–Crippen LogP) is 2.36. The van der Waals surface area contributed by atoms with Crippen LogP contribution in [-0.4, -0.2) is 42.4 Å². The van der Waals surface area contributed by atoms with E-state index in [0.29, 0.717) is 5.69 Å². The number of esters is 1. The SMILES string of the molecule is CCOC(=O)CC(NC(=O)CNC(=O)c1cccc(N=CNN)c1)c1cc(Cl)cc(Cl)c1O. The topological polar surface area (TPSA) is 155 Å². The summed E-state index contributed by atoms with van der Waals surface area (Å²) in [5.41, 5.74) is 3.15. The highest BCUT2D eigenvalue weighted by atomic mass is 35.5. The molecule has 0 aliphatic rings. The van der Waals surface area contributed by atoms with E-state index >= 15 is 0 Å². The number of amides is 2. The van der Waals surface area contributed by atoms with Crippen molar-refractivity contribution in [3.05, 3.63) is 57.6 Å². The molecule has 0 spiro atoms. The molecule has 1 unspecified atom stereocenters. The fourth-order valence-corrected chi connectivity index (χ4v) is 3.33. The number of aliphatic imine (C=N–C) groups is 1. The third kappa shape index (κ3) is 7.94. The molecule has 0 aliphatic carbocycles. The minimum atomic E-state index is -0.994. The van der Waals surface area contributed by atoms with Crippen LogP contribution in [0.3, 0.4) is 0 Å². The Labute approximate surface area is 200 Å². The van der Waals surface area contributed by atoms with E-state index in [4.69, 9.17) is 33.8 Å². The lowest BCUT2D eigenvalue weighted by atomic mass is 10.0. The van der Waals surface area contributed by atoms with Crippen LogP contribution < -0.4 is 21.9 Å². The number of phenolic OH excluding ortho intramolecular Hbond substituents is 1. The molecule has 0 saturated heterocycles. The lowest BCUT2D eigenvalue weighted by Gasteiger charge is -2.20. The second kappa shape index (κ2) is 12.6. The van der Waals surface area contributed by atoms with Gasteiger partial charge < -0.3 is 25.9 Å². The smallest absolute Gasteiger partial charge is 0.308 e. The van der Waals surface area contributed by atoms with E-state index in [1.54, 1.807) is 25.1 Å². The molecule has 0 saturated carbocycles. The quantitative estimate of drug-likeness (QED) is 0.111. The molecular weight excluding hydrogens is 473 g/mol. The minimum absolute atomic E-state index is 0.0405. The summed E-state index contributed by atoms with van der Waals surface area (Å²) in [6.45, 7) is 1.38. The Morgan fingerprint density at radius 1 is 1.24 bits per heavy atom. The molecule has 2 aromatic rings. The molecule has 12 heteroatoms. The van der Waals surface area contributed by atoms with Crippen molar-refractivity contribution >= 4 is 53.0 Å². The monoisotopic (exact) mass is 495 g/mol. The van der Waals surface area contributed by atoms with Gasteiger partial charge >= 0.3 is 5.97 Å². The van der Waals surface area contributed by atoms with Crippen molar-refractivity contribution in [2.45, 2.75) is 19.4 Å². The number of nitrogens with two attached hydrogens (primary N) is 1. The van der Waals surface area contributed by atoms with Crippen molar-refractivity contribution in [3.63, 3.8) is 0 Å². The normalized spacial score (nSPS) is 11.6. The first-order valence-electron chi connectivity index (χ1n) is 9.75. The Balaban J connectivity index is 2.11. The summed E-state index contributed by atoms with van der Waals surface area (Å²) >= 11 is 12.0. The van der Waals surface area contributed by atoms with Gasteiger partial charge in [0.15, 0.2) is 0 Å². The summed E-state index contributed by atoms with van der Waals surface area (Å²) in [5, 5.41) is 15.5. The van der Waals surface area contributed by atoms with E-state index in [1.165, 1.54) is 24.5 Å². The van der Waals surface area contributed by atoms with Gasteiger partial charge in [-0.15, -0.1) is 0 Å². The van der Waals surface area contributed by atoms with E-state index in [9.17, 15) is 19.5 Å². The number of hydrazine groups is 1. The average molecular weight is 496 g/mol. The van der Waals surface area contributed by atoms with Crippen LogP contribution >= 0.6 is 23.2 Å². The third-order valence-corrected chi connectivity index (χ3v) is 4.76. The lowest BCUT2D eigenvalue weighted by molar-refractivity contribution is -0.143. The predicted molar refractivity (Wildman–Crippen MR) is 125 cm³/mol. The van der Waals surface area contributed by atoms with Gasteiger partial charge in [-0.2, -0.15) is 0 Å². The third-order valence-electron chi connectivity index (χ3n) is 4.25.